The Balaban J connectivity index is 2.16. The number of halogens is 1. The van der Waals surface area contributed by atoms with Gasteiger partial charge in [-0.2, -0.15) is 0 Å². The second-order valence-electron chi connectivity index (χ2n) is 3.45. The molecule has 4 heteroatoms. The molecule has 78 valence electrons. The van der Waals surface area contributed by atoms with Crippen molar-refractivity contribution in [3.63, 3.8) is 0 Å². The van der Waals surface area contributed by atoms with Crippen LogP contribution in [0.4, 0.5) is 0 Å². The van der Waals surface area contributed by atoms with Crippen molar-refractivity contribution in [2.24, 2.45) is 0 Å². The van der Waals surface area contributed by atoms with Gasteiger partial charge in [0.15, 0.2) is 0 Å². The van der Waals surface area contributed by atoms with E-state index >= 15 is 0 Å². The van der Waals surface area contributed by atoms with Crippen molar-refractivity contribution in [3.05, 3.63) is 22.6 Å². The maximum absolute atomic E-state index is 5.64. The molecule has 0 amide bonds. The van der Waals surface area contributed by atoms with Crippen LogP contribution < -0.4 is 5.32 Å². The molecule has 1 aliphatic heterocycles. The maximum Gasteiger partial charge on any atom is 0.137 e. The second kappa shape index (κ2) is 4.47. The summed E-state index contributed by atoms with van der Waals surface area (Å²) in [6.07, 6.45) is 4.17. The van der Waals surface area contributed by atoms with Gasteiger partial charge in [0.2, 0.25) is 0 Å². The predicted molar refractivity (Wildman–Crippen MR) is 57.2 cm³/mol. The van der Waals surface area contributed by atoms with Crippen LogP contribution >= 0.6 is 15.9 Å². The number of hydrogen-bond acceptors (Lipinski definition) is 3. The molecule has 2 rings (SSSR count). The van der Waals surface area contributed by atoms with Gasteiger partial charge in [-0.15, -0.1) is 0 Å². The predicted octanol–water partition coefficient (Wildman–Crippen LogP) is 2.48. The lowest BCUT2D eigenvalue weighted by atomic mass is 10.1. The lowest BCUT2D eigenvalue weighted by Crippen LogP contribution is -2.28. The lowest BCUT2D eigenvalue weighted by Gasteiger charge is -2.20. The van der Waals surface area contributed by atoms with Crippen LogP contribution in [-0.4, -0.2) is 19.8 Å². The first kappa shape index (κ1) is 10.2. The highest BCUT2D eigenvalue weighted by Crippen LogP contribution is 2.31. The molecule has 14 heavy (non-hydrogen) atoms. The highest BCUT2D eigenvalue weighted by atomic mass is 79.9. The van der Waals surface area contributed by atoms with Crippen LogP contribution in [0.3, 0.4) is 0 Å². The molecule has 1 aromatic heterocycles. The van der Waals surface area contributed by atoms with Gasteiger partial charge in [0.1, 0.15) is 5.76 Å². The average molecular weight is 260 g/mol. The van der Waals surface area contributed by atoms with E-state index in [0.29, 0.717) is 0 Å². The molecule has 2 unspecified atom stereocenters. The fraction of sp³-hybridized carbons (Fsp3) is 0.600. The van der Waals surface area contributed by atoms with Crippen LogP contribution in [-0.2, 0) is 4.74 Å². The standard InChI is InChI=1S/C10H14BrNO2/c1-12-9(8-3-2-5-13-8)10-7(11)4-6-14-10/h4,6,8-9,12H,2-3,5H2,1H3. The van der Waals surface area contributed by atoms with E-state index in [2.05, 4.69) is 21.2 Å². The van der Waals surface area contributed by atoms with Crippen molar-refractivity contribution >= 4 is 15.9 Å². The van der Waals surface area contributed by atoms with Gasteiger partial charge in [0.05, 0.1) is 22.9 Å². The molecule has 1 aromatic rings. The summed E-state index contributed by atoms with van der Waals surface area (Å²) < 4.78 is 12.1. The zero-order valence-corrected chi connectivity index (χ0v) is 9.71. The molecule has 0 aromatic carbocycles. The van der Waals surface area contributed by atoms with E-state index in [9.17, 15) is 0 Å². The topological polar surface area (TPSA) is 34.4 Å². The van der Waals surface area contributed by atoms with Crippen LogP contribution in [0.5, 0.6) is 0 Å². The fourth-order valence-electron chi connectivity index (χ4n) is 1.88. The summed E-state index contributed by atoms with van der Waals surface area (Å²) in [4.78, 5) is 0. The van der Waals surface area contributed by atoms with E-state index in [4.69, 9.17) is 9.15 Å². The van der Waals surface area contributed by atoms with Crippen molar-refractivity contribution in [2.75, 3.05) is 13.7 Å². The Morgan fingerprint density at radius 1 is 1.64 bits per heavy atom. The molecule has 2 atom stereocenters. The highest BCUT2D eigenvalue weighted by molar-refractivity contribution is 9.10. The molecule has 1 saturated heterocycles. The van der Waals surface area contributed by atoms with Crippen LogP contribution in [0, 0.1) is 0 Å². The molecule has 0 radical (unpaired) electrons. The van der Waals surface area contributed by atoms with Gasteiger partial charge in [0, 0.05) is 6.61 Å². The summed E-state index contributed by atoms with van der Waals surface area (Å²) in [6, 6.07) is 2.07. The quantitative estimate of drug-likeness (QED) is 0.906. The fourth-order valence-corrected chi connectivity index (χ4v) is 2.33. The number of likely N-dealkylation sites (N-methyl/N-ethyl adjacent to an activating group) is 1. The normalized spacial score (nSPS) is 24.0. The Morgan fingerprint density at radius 2 is 2.50 bits per heavy atom. The van der Waals surface area contributed by atoms with Gasteiger partial charge in [-0.3, -0.25) is 0 Å². The minimum atomic E-state index is 0.155. The van der Waals surface area contributed by atoms with E-state index in [1.54, 1.807) is 6.26 Å². The Kier molecular flexibility index (Phi) is 3.26. The van der Waals surface area contributed by atoms with Crippen molar-refractivity contribution < 1.29 is 9.15 Å². The number of hydrogen-bond donors (Lipinski definition) is 1. The number of furan rings is 1. The molecule has 3 nitrogen and oxygen atoms in total. The summed E-state index contributed by atoms with van der Waals surface area (Å²) in [5.41, 5.74) is 0. The summed E-state index contributed by atoms with van der Waals surface area (Å²) in [5.74, 6) is 0.930. The summed E-state index contributed by atoms with van der Waals surface area (Å²) >= 11 is 3.47. The molecule has 0 saturated carbocycles. The second-order valence-corrected chi connectivity index (χ2v) is 4.30. The molecule has 1 aliphatic rings. The number of ether oxygens (including phenoxy) is 1. The van der Waals surface area contributed by atoms with Crippen molar-refractivity contribution in [2.45, 2.75) is 25.0 Å². The smallest absolute Gasteiger partial charge is 0.137 e. The van der Waals surface area contributed by atoms with Gasteiger partial charge in [0.25, 0.3) is 0 Å². The molecule has 1 N–H and O–H groups in total. The molecule has 0 bridgehead atoms. The number of nitrogens with one attached hydrogen (secondary N) is 1. The first-order valence-electron chi connectivity index (χ1n) is 4.84. The first-order chi connectivity index (χ1) is 6.83. The molecule has 0 aliphatic carbocycles. The summed E-state index contributed by atoms with van der Waals surface area (Å²) in [7, 11) is 1.93. The van der Waals surface area contributed by atoms with E-state index in [1.807, 2.05) is 13.1 Å². The molecular formula is C10H14BrNO2. The van der Waals surface area contributed by atoms with Crippen LogP contribution in [0.1, 0.15) is 24.6 Å². The molecule has 2 heterocycles. The van der Waals surface area contributed by atoms with Gasteiger partial charge < -0.3 is 14.5 Å². The highest BCUT2D eigenvalue weighted by Gasteiger charge is 2.29. The van der Waals surface area contributed by atoms with Crippen LogP contribution in [0.25, 0.3) is 0 Å². The van der Waals surface area contributed by atoms with Crippen LogP contribution in [0.15, 0.2) is 21.2 Å². The zero-order chi connectivity index (χ0) is 9.97. The third kappa shape index (κ3) is 1.87. The molecule has 1 fully saturated rings. The number of rotatable bonds is 3. The Labute approximate surface area is 91.9 Å². The average Bonchev–Trinajstić information content (AvgIpc) is 2.80. The minimum Gasteiger partial charge on any atom is -0.466 e. The van der Waals surface area contributed by atoms with Gasteiger partial charge in [-0.1, -0.05) is 0 Å². The lowest BCUT2D eigenvalue weighted by molar-refractivity contribution is 0.0736. The van der Waals surface area contributed by atoms with E-state index < -0.39 is 0 Å². The van der Waals surface area contributed by atoms with Crippen molar-refractivity contribution in [1.29, 1.82) is 0 Å². The SMILES string of the molecule is CNC(c1occc1Br)C1CCCO1. The van der Waals surface area contributed by atoms with Gasteiger partial charge >= 0.3 is 0 Å². The minimum absolute atomic E-state index is 0.155. The maximum atomic E-state index is 5.64. The Hall–Kier alpha value is -0.320. The van der Waals surface area contributed by atoms with Crippen molar-refractivity contribution in [1.82, 2.24) is 5.32 Å². The van der Waals surface area contributed by atoms with Crippen LogP contribution in [0.2, 0.25) is 0 Å². The summed E-state index contributed by atoms with van der Waals surface area (Å²) in [5, 5.41) is 3.24. The van der Waals surface area contributed by atoms with Crippen molar-refractivity contribution in [3.8, 4) is 0 Å². The summed E-state index contributed by atoms with van der Waals surface area (Å²) in [6.45, 7) is 0.862. The zero-order valence-electron chi connectivity index (χ0n) is 8.13. The monoisotopic (exact) mass is 259 g/mol. The largest absolute Gasteiger partial charge is 0.466 e. The molecule has 0 spiro atoms. The van der Waals surface area contributed by atoms with E-state index in [1.165, 1.54) is 0 Å². The first-order valence-corrected chi connectivity index (χ1v) is 5.64. The molecular weight excluding hydrogens is 246 g/mol. The third-order valence-corrected chi connectivity index (χ3v) is 3.23. The van der Waals surface area contributed by atoms with Gasteiger partial charge in [-0.25, -0.2) is 0 Å². The van der Waals surface area contributed by atoms with E-state index in [-0.39, 0.29) is 12.1 Å². The van der Waals surface area contributed by atoms with E-state index in [0.717, 1.165) is 29.7 Å². The third-order valence-electron chi connectivity index (χ3n) is 2.57. The Morgan fingerprint density at radius 3 is 3.00 bits per heavy atom. The van der Waals surface area contributed by atoms with Gasteiger partial charge in [-0.05, 0) is 41.9 Å². The Bertz CT molecular complexity index is 294.